The number of aromatic nitrogens is 4. The van der Waals surface area contributed by atoms with E-state index in [0.29, 0.717) is 10.9 Å². The second-order valence-electron chi connectivity index (χ2n) is 5.53. The third-order valence-corrected chi connectivity index (χ3v) is 4.03. The quantitative estimate of drug-likeness (QED) is 0.865. The number of rotatable bonds is 3. The molecule has 0 bridgehead atoms. The predicted molar refractivity (Wildman–Crippen MR) is 79.1 cm³/mol. The van der Waals surface area contributed by atoms with Gasteiger partial charge in [-0.3, -0.25) is 9.48 Å². The Morgan fingerprint density at radius 2 is 2.29 bits per heavy atom. The van der Waals surface area contributed by atoms with Crippen LogP contribution in [-0.4, -0.2) is 43.2 Å². The number of halogens is 1. The van der Waals surface area contributed by atoms with Crippen LogP contribution in [0.1, 0.15) is 23.9 Å². The molecule has 1 aliphatic heterocycles. The van der Waals surface area contributed by atoms with Gasteiger partial charge in [-0.25, -0.2) is 4.98 Å². The highest BCUT2D eigenvalue weighted by atomic mass is 35.5. The number of amides is 1. The smallest absolute Gasteiger partial charge is 0.244 e. The summed E-state index contributed by atoms with van der Waals surface area (Å²) in [5.74, 6) is 1.45. The molecule has 1 fully saturated rings. The summed E-state index contributed by atoms with van der Waals surface area (Å²) in [5, 5.41) is 4.59. The summed E-state index contributed by atoms with van der Waals surface area (Å²) < 4.78 is 3.63. The van der Waals surface area contributed by atoms with Crippen molar-refractivity contribution in [1.29, 1.82) is 0 Å². The zero-order valence-corrected chi connectivity index (χ0v) is 12.9. The number of likely N-dealkylation sites (tertiary alicyclic amines) is 1. The standard InChI is InChI=1S/C14H18ClN5O/c1-10-6-18(2)14(17-10)11-3-4-19(7-11)13(21)9-20-8-12(15)5-16-20/h5-6,8,11H,3-4,7,9H2,1-2H3. The van der Waals surface area contributed by atoms with Gasteiger partial charge in [-0.1, -0.05) is 11.6 Å². The third kappa shape index (κ3) is 2.95. The van der Waals surface area contributed by atoms with Gasteiger partial charge in [0.15, 0.2) is 0 Å². The average Bonchev–Trinajstić information content (AvgIpc) is 3.10. The molecule has 7 heteroatoms. The molecular formula is C14H18ClN5O. The predicted octanol–water partition coefficient (Wildman–Crippen LogP) is 1.59. The van der Waals surface area contributed by atoms with Gasteiger partial charge in [-0.2, -0.15) is 5.10 Å². The SMILES string of the molecule is Cc1cn(C)c(C2CCN(C(=O)Cn3cc(Cl)cn3)C2)n1. The first-order valence-corrected chi connectivity index (χ1v) is 7.36. The van der Waals surface area contributed by atoms with Gasteiger partial charge in [0.25, 0.3) is 0 Å². The van der Waals surface area contributed by atoms with E-state index in [2.05, 4.69) is 14.6 Å². The maximum Gasteiger partial charge on any atom is 0.244 e. The molecule has 2 aromatic rings. The van der Waals surface area contributed by atoms with E-state index in [-0.39, 0.29) is 12.5 Å². The first-order chi connectivity index (χ1) is 10.0. The van der Waals surface area contributed by atoms with E-state index in [4.69, 9.17) is 11.6 Å². The molecule has 112 valence electrons. The van der Waals surface area contributed by atoms with Crippen molar-refractivity contribution >= 4 is 17.5 Å². The number of hydrogen-bond acceptors (Lipinski definition) is 3. The molecule has 1 atom stereocenters. The topological polar surface area (TPSA) is 56.0 Å². The molecule has 6 nitrogen and oxygen atoms in total. The van der Waals surface area contributed by atoms with Gasteiger partial charge in [0, 0.05) is 38.4 Å². The summed E-state index contributed by atoms with van der Waals surface area (Å²) in [5.41, 5.74) is 1.02. The fraction of sp³-hybridized carbons (Fsp3) is 0.500. The molecule has 0 spiro atoms. The summed E-state index contributed by atoms with van der Waals surface area (Å²) >= 11 is 5.81. The molecule has 1 saturated heterocycles. The Morgan fingerprint density at radius 1 is 1.48 bits per heavy atom. The Labute approximate surface area is 128 Å². The van der Waals surface area contributed by atoms with Gasteiger partial charge in [-0.05, 0) is 13.3 Å². The van der Waals surface area contributed by atoms with Crippen LogP contribution in [0, 0.1) is 6.92 Å². The van der Waals surface area contributed by atoms with E-state index in [1.165, 1.54) is 6.20 Å². The summed E-state index contributed by atoms with van der Waals surface area (Å²) in [6.07, 6.45) is 6.18. The lowest BCUT2D eigenvalue weighted by Crippen LogP contribution is -2.32. The second-order valence-corrected chi connectivity index (χ2v) is 5.97. The Hall–Kier alpha value is -1.82. The van der Waals surface area contributed by atoms with Crippen LogP contribution in [0.4, 0.5) is 0 Å². The van der Waals surface area contributed by atoms with E-state index in [9.17, 15) is 4.79 Å². The van der Waals surface area contributed by atoms with E-state index < -0.39 is 0 Å². The molecule has 1 aliphatic rings. The lowest BCUT2D eigenvalue weighted by molar-refractivity contribution is -0.131. The normalized spacial score (nSPS) is 18.4. The van der Waals surface area contributed by atoms with Gasteiger partial charge in [-0.15, -0.1) is 0 Å². The van der Waals surface area contributed by atoms with Crippen molar-refractivity contribution in [2.45, 2.75) is 25.8 Å². The van der Waals surface area contributed by atoms with Crippen molar-refractivity contribution in [2.24, 2.45) is 7.05 Å². The third-order valence-electron chi connectivity index (χ3n) is 3.84. The Morgan fingerprint density at radius 3 is 2.90 bits per heavy atom. The van der Waals surface area contributed by atoms with E-state index in [0.717, 1.165) is 31.0 Å². The van der Waals surface area contributed by atoms with Gasteiger partial charge >= 0.3 is 0 Å². The Kier molecular flexibility index (Phi) is 3.71. The monoisotopic (exact) mass is 307 g/mol. The van der Waals surface area contributed by atoms with E-state index in [1.807, 2.05) is 25.1 Å². The molecule has 3 rings (SSSR count). The highest BCUT2D eigenvalue weighted by Gasteiger charge is 2.29. The molecule has 0 aliphatic carbocycles. The number of imidazole rings is 1. The molecule has 1 amide bonds. The van der Waals surface area contributed by atoms with Gasteiger partial charge in [0.1, 0.15) is 12.4 Å². The Bertz CT molecular complexity index is 662. The van der Waals surface area contributed by atoms with Gasteiger partial charge < -0.3 is 9.47 Å². The largest absolute Gasteiger partial charge is 0.340 e. The molecular weight excluding hydrogens is 290 g/mol. The van der Waals surface area contributed by atoms with E-state index in [1.54, 1.807) is 10.9 Å². The van der Waals surface area contributed by atoms with Crippen molar-refractivity contribution in [1.82, 2.24) is 24.2 Å². The fourth-order valence-electron chi connectivity index (χ4n) is 2.88. The molecule has 3 heterocycles. The summed E-state index contributed by atoms with van der Waals surface area (Å²) in [4.78, 5) is 18.7. The van der Waals surface area contributed by atoms with Gasteiger partial charge in [0.05, 0.1) is 16.9 Å². The van der Waals surface area contributed by atoms with Crippen LogP contribution in [0.2, 0.25) is 5.02 Å². The summed E-state index contributed by atoms with van der Waals surface area (Å²) in [7, 11) is 2.01. The molecule has 0 N–H and O–H groups in total. The van der Waals surface area contributed by atoms with Crippen LogP contribution in [0.15, 0.2) is 18.6 Å². The molecule has 21 heavy (non-hydrogen) atoms. The molecule has 0 aromatic carbocycles. The molecule has 0 saturated carbocycles. The first kappa shape index (κ1) is 14.1. The van der Waals surface area contributed by atoms with Crippen LogP contribution in [0.25, 0.3) is 0 Å². The number of aryl methyl sites for hydroxylation is 2. The van der Waals surface area contributed by atoms with Crippen molar-refractivity contribution in [2.75, 3.05) is 13.1 Å². The summed E-state index contributed by atoms with van der Waals surface area (Å²) in [6.45, 7) is 3.71. The van der Waals surface area contributed by atoms with Crippen molar-refractivity contribution in [3.63, 3.8) is 0 Å². The van der Waals surface area contributed by atoms with E-state index >= 15 is 0 Å². The lowest BCUT2D eigenvalue weighted by atomic mass is 10.1. The van der Waals surface area contributed by atoms with Crippen LogP contribution < -0.4 is 0 Å². The average molecular weight is 308 g/mol. The minimum absolute atomic E-state index is 0.0724. The number of hydrogen-bond donors (Lipinski definition) is 0. The minimum atomic E-state index is 0.0724. The highest BCUT2D eigenvalue weighted by molar-refractivity contribution is 6.30. The molecule has 0 radical (unpaired) electrons. The lowest BCUT2D eigenvalue weighted by Gasteiger charge is -2.16. The Balaban J connectivity index is 1.64. The molecule has 1 unspecified atom stereocenters. The fourth-order valence-corrected chi connectivity index (χ4v) is 3.03. The maximum atomic E-state index is 12.3. The minimum Gasteiger partial charge on any atom is -0.340 e. The number of carbonyl (C=O) groups is 1. The van der Waals surface area contributed by atoms with Crippen LogP contribution >= 0.6 is 11.6 Å². The zero-order valence-electron chi connectivity index (χ0n) is 12.2. The van der Waals surface area contributed by atoms with Crippen molar-refractivity contribution < 1.29 is 4.79 Å². The van der Waals surface area contributed by atoms with Crippen molar-refractivity contribution in [3.05, 3.63) is 35.1 Å². The zero-order chi connectivity index (χ0) is 15.0. The maximum absolute atomic E-state index is 12.3. The van der Waals surface area contributed by atoms with Crippen LogP contribution in [0.3, 0.4) is 0 Å². The highest BCUT2D eigenvalue weighted by Crippen LogP contribution is 2.26. The number of carbonyl (C=O) groups excluding carboxylic acids is 1. The molecule has 2 aromatic heterocycles. The number of nitrogens with zero attached hydrogens (tertiary/aromatic N) is 5. The second kappa shape index (κ2) is 5.52. The van der Waals surface area contributed by atoms with Gasteiger partial charge in [0.2, 0.25) is 5.91 Å². The van der Waals surface area contributed by atoms with Crippen LogP contribution in [-0.2, 0) is 18.4 Å². The van der Waals surface area contributed by atoms with Crippen molar-refractivity contribution in [3.8, 4) is 0 Å². The van der Waals surface area contributed by atoms with Crippen LogP contribution in [0.5, 0.6) is 0 Å². The summed E-state index contributed by atoms with van der Waals surface area (Å²) in [6, 6.07) is 0. The first-order valence-electron chi connectivity index (χ1n) is 6.98.